The summed E-state index contributed by atoms with van der Waals surface area (Å²) < 4.78 is 0. The number of benzene rings is 2. The van der Waals surface area contributed by atoms with Crippen LogP contribution in [0.1, 0.15) is 18.9 Å². The first kappa shape index (κ1) is 12.4. The van der Waals surface area contributed by atoms with Crippen molar-refractivity contribution < 1.29 is 0 Å². The summed E-state index contributed by atoms with van der Waals surface area (Å²) in [5.41, 5.74) is 12.2. The number of fused-ring (bicyclic) bond motifs is 1. The smallest absolute Gasteiger partial charge is 0.186 e. The molecule has 0 aromatic heterocycles. The van der Waals surface area contributed by atoms with Crippen LogP contribution >= 0.6 is 0 Å². The van der Waals surface area contributed by atoms with E-state index in [9.17, 15) is 0 Å². The van der Waals surface area contributed by atoms with Crippen molar-refractivity contribution in [1.29, 1.82) is 0 Å². The molecular formula is C15H19N3. The second kappa shape index (κ2) is 5.54. The molecule has 0 aliphatic carbocycles. The molecule has 0 spiro atoms. The fraction of sp³-hybridized carbons (Fsp3) is 0.267. The van der Waals surface area contributed by atoms with E-state index in [1.54, 1.807) is 0 Å². The quantitative estimate of drug-likeness (QED) is 0.638. The second-order valence-corrected chi connectivity index (χ2v) is 4.46. The van der Waals surface area contributed by atoms with Gasteiger partial charge in [0.2, 0.25) is 0 Å². The van der Waals surface area contributed by atoms with Crippen LogP contribution < -0.4 is 11.5 Å². The van der Waals surface area contributed by atoms with Crippen LogP contribution in [-0.4, -0.2) is 12.0 Å². The Hall–Kier alpha value is -2.03. The van der Waals surface area contributed by atoms with Gasteiger partial charge in [0.25, 0.3) is 0 Å². The van der Waals surface area contributed by atoms with Crippen LogP contribution in [0.15, 0.2) is 47.5 Å². The van der Waals surface area contributed by atoms with E-state index in [1.807, 2.05) is 0 Å². The van der Waals surface area contributed by atoms with Gasteiger partial charge in [-0.1, -0.05) is 49.4 Å². The van der Waals surface area contributed by atoms with Crippen molar-refractivity contribution in [2.45, 2.75) is 25.8 Å². The lowest BCUT2D eigenvalue weighted by Crippen LogP contribution is -2.26. The molecule has 94 valence electrons. The van der Waals surface area contributed by atoms with Crippen LogP contribution in [0.5, 0.6) is 0 Å². The van der Waals surface area contributed by atoms with E-state index in [0.29, 0.717) is 0 Å². The zero-order valence-corrected chi connectivity index (χ0v) is 10.6. The normalized spacial score (nSPS) is 12.3. The monoisotopic (exact) mass is 241 g/mol. The second-order valence-electron chi connectivity index (χ2n) is 4.46. The van der Waals surface area contributed by atoms with Gasteiger partial charge in [-0.2, -0.15) is 0 Å². The zero-order chi connectivity index (χ0) is 13.0. The SMILES string of the molecule is CCC(Cc1cccc2ccccc12)N=C(N)N. The number of aliphatic imine (C=N–C) groups is 1. The van der Waals surface area contributed by atoms with Gasteiger partial charge in [0.05, 0.1) is 6.04 Å². The van der Waals surface area contributed by atoms with Gasteiger partial charge in [0, 0.05) is 0 Å². The van der Waals surface area contributed by atoms with Gasteiger partial charge in [-0.25, -0.2) is 4.99 Å². The molecule has 4 N–H and O–H groups in total. The molecule has 2 aromatic carbocycles. The Morgan fingerprint density at radius 1 is 1.11 bits per heavy atom. The minimum atomic E-state index is 0.154. The summed E-state index contributed by atoms with van der Waals surface area (Å²) >= 11 is 0. The number of nitrogens with two attached hydrogens (primary N) is 2. The molecule has 0 radical (unpaired) electrons. The van der Waals surface area contributed by atoms with Crippen LogP contribution in [0.2, 0.25) is 0 Å². The topological polar surface area (TPSA) is 64.4 Å². The third kappa shape index (κ3) is 2.80. The van der Waals surface area contributed by atoms with Gasteiger partial charge >= 0.3 is 0 Å². The summed E-state index contributed by atoms with van der Waals surface area (Å²) in [5, 5.41) is 2.54. The molecule has 0 amide bonds. The number of nitrogens with zero attached hydrogens (tertiary/aromatic N) is 1. The van der Waals surface area contributed by atoms with Gasteiger partial charge in [-0.05, 0) is 29.2 Å². The van der Waals surface area contributed by atoms with Crippen molar-refractivity contribution >= 4 is 16.7 Å². The predicted octanol–water partition coefficient (Wildman–Crippen LogP) is 2.43. The molecule has 0 heterocycles. The summed E-state index contributed by atoms with van der Waals surface area (Å²) in [6.07, 6.45) is 1.80. The van der Waals surface area contributed by atoms with Crippen molar-refractivity contribution in [2.75, 3.05) is 0 Å². The largest absolute Gasteiger partial charge is 0.370 e. The van der Waals surface area contributed by atoms with Crippen molar-refractivity contribution in [3.8, 4) is 0 Å². The molecule has 1 unspecified atom stereocenters. The molecule has 0 saturated carbocycles. The Balaban J connectivity index is 2.34. The zero-order valence-electron chi connectivity index (χ0n) is 10.6. The van der Waals surface area contributed by atoms with Crippen molar-refractivity contribution in [3.63, 3.8) is 0 Å². The summed E-state index contributed by atoms with van der Waals surface area (Å²) in [5.74, 6) is 0.169. The Kier molecular flexibility index (Phi) is 3.82. The molecule has 1 atom stereocenters. The van der Waals surface area contributed by atoms with E-state index in [1.165, 1.54) is 16.3 Å². The first-order valence-electron chi connectivity index (χ1n) is 6.26. The first-order valence-corrected chi connectivity index (χ1v) is 6.26. The Bertz CT molecular complexity index is 551. The van der Waals surface area contributed by atoms with E-state index < -0.39 is 0 Å². The molecule has 18 heavy (non-hydrogen) atoms. The van der Waals surface area contributed by atoms with Crippen LogP contribution in [-0.2, 0) is 6.42 Å². The average Bonchev–Trinajstić information content (AvgIpc) is 2.38. The molecule has 0 fully saturated rings. The van der Waals surface area contributed by atoms with Gasteiger partial charge < -0.3 is 11.5 Å². The summed E-state index contributed by atoms with van der Waals surface area (Å²) in [4.78, 5) is 4.27. The highest BCUT2D eigenvalue weighted by Gasteiger charge is 2.08. The Morgan fingerprint density at radius 2 is 1.83 bits per heavy atom. The number of guanidine groups is 1. The van der Waals surface area contributed by atoms with Crippen LogP contribution in [0.25, 0.3) is 10.8 Å². The summed E-state index contributed by atoms with van der Waals surface area (Å²) in [7, 11) is 0. The van der Waals surface area contributed by atoms with Gasteiger partial charge in [0.15, 0.2) is 5.96 Å². The van der Waals surface area contributed by atoms with Crippen LogP contribution in [0.4, 0.5) is 0 Å². The highest BCUT2D eigenvalue weighted by Crippen LogP contribution is 2.21. The van der Waals surface area contributed by atoms with Crippen LogP contribution in [0.3, 0.4) is 0 Å². The number of rotatable bonds is 4. The maximum absolute atomic E-state index is 5.46. The summed E-state index contributed by atoms with van der Waals surface area (Å²) in [6.45, 7) is 2.10. The van der Waals surface area contributed by atoms with E-state index in [4.69, 9.17) is 11.5 Å². The average molecular weight is 241 g/mol. The molecule has 0 saturated heterocycles. The van der Waals surface area contributed by atoms with E-state index in [0.717, 1.165) is 12.8 Å². The fourth-order valence-electron chi connectivity index (χ4n) is 2.22. The fourth-order valence-corrected chi connectivity index (χ4v) is 2.22. The molecular weight excluding hydrogens is 222 g/mol. The maximum Gasteiger partial charge on any atom is 0.186 e. The molecule has 2 aromatic rings. The van der Waals surface area contributed by atoms with Gasteiger partial charge in [-0.15, -0.1) is 0 Å². The third-order valence-corrected chi connectivity index (χ3v) is 3.14. The third-order valence-electron chi connectivity index (χ3n) is 3.14. The number of hydrogen-bond acceptors (Lipinski definition) is 1. The molecule has 0 aliphatic heterocycles. The van der Waals surface area contributed by atoms with E-state index in [2.05, 4.69) is 54.4 Å². The lowest BCUT2D eigenvalue weighted by atomic mass is 9.98. The molecule has 0 bridgehead atoms. The highest BCUT2D eigenvalue weighted by atomic mass is 15.0. The van der Waals surface area contributed by atoms with Crippen LogP contribution in [0, 0.1) is 0 Å². The number of hydrogen-bond donors (Lipinski definition) is 2. The Morgan fingerprint density at radius 3 is 2.56 bits per heavy atom. The summed E-state index contributed by atoms with van der Waals surface area (Å²) in [6, 6.07) is 14.9. The van der Waals surface area contributed by atoms with Gasteiger partial charge in [-0.3, -0.25) is 0 Å². The minimum absolute atomic E-state index is 0.154. The van der Waals surface area contributed by atoms with E-state index in [-0.39, 0.29) is 12.0 Å². The van der Waals surface area contributed by atoms with Crippen molar-refractivity contribution in [2.24, 2.45) is 16.5 Å². The minimum Gasteiger partial charge on any atom is -0.370 e. The van der Waals surface area contributed by atoms with Crippen molar-refractivity contribution in [3.05, 3.63) is 48.0 Å². The molecule has 3 heteroatoms. The van der Waals surface area contributed by atoms with Gasteiger partial charge in [0.1, 0.15) is 0 Å². The van der Waals surface area contributed by atoms with E-state index >= 15 is 0 Å². The highest BCUT2D eigenvalue weighted by molar-refractivity contribution is 5.85. The first-order chi connectivity index (χ1) is 8.70. The predicted molar refractivity (Wildman–Crippen MR) is 77.5 cm³/mol. The molecule has 3 nitrogen and oxygen atoms in total. The molecule has 0 aliphatic rings. The lowest BCUT2D eigenvalue weighted by Gasteiger charge is -2.12. The Labute approximate surface area is 108 Å². The standard InChI is InChI=1S/C15H19N3/c1-2-13(18-15(16)17)10-12-8-5-7-11-6-3-4-9-14(11)12/h3-9,13H,2,10H2,1H3,(H4,16,17,18). The molecule has 2 rings (SSSR count). The van der Waals surface area contributed by atoms with Crippen molar-refractivity contribution in [1.82, 2.24) is 0 Å². The maximum atomic E-state index is 5.46. The lowest BCUT2D eigenvalue weighted by molar-refractivity contribution is 0.649.